The van der Waals surface area contributed by atoms with E-state index in [4.69, 9.17) is 0 Å². The second kappa shape index (κ2) is 8.10. The molecule has 8 heteroatoms. The van der Waals surface area contributed by atoms with Crippen molar-refractivity contribution in [2.75, 3.05) is 4.72 Å². The largest absolute Gasteiger partial charge is 0.311 e. The predicted octanol–water partition coefficient (Wildman–Crippen LogP) is 4.43. The maximum atomic E-state index is 13.3. The Bertz CT molecular complexity index is 1240. The molecule has 0 aliphatic carbocycles. The van der Waals surface area contributed by atoms with Crippen LogP contribution in [0.3, 0.4) is 0 Å². The predicted molar refractivity (Wildman–Crippen MR) is 114 cm³/mol. The molecule has 4 rings (SSSR count). The molecular weight excluding hydrogens is 404 g/mol. The van der Waals surface area contributed by atoms with Crippen molar-refractivity contribution in [2.45, 2.75) is 14.9 Å². The van der Waals surface area contributed by atoms with Crippen LogP contribution in [0.5, 0.6) is 0 Å². The first-order valence-corrected chi connectivity index (χ1v) is 11.1. The smallest absolute Gasteiger partial charge is 0.262 e. The molecule has 0 aliphatic heterocycles. The molecule has 0 amide bonds. The van der Waals surface area contributed by atoms with E-state index in [1.54, 1.807) is 35.2 Å². The highest BCUT2D eigenvalue weighted by atomic mass is 32.2. The first-order chi connectivity index (χ1) is 14.0. The van der Waals surface area contributed by atoms with Gasteiger partial charge in [-0.2, -0.15) is 0 Å². The quantitative estimate of drug-likeness (QED) is 0.497. The first-order valence-electron chi connectivity index (χ1n) is 8.83. The number of nitrogens with one attached hydrogen (secondary N) is 1. The minimum absolute atomic E-state index is 0.227. The first kappa shape index (κ1) is 19.2. The van der Waals surface area contributed by atoms with Crippen molar-refractivity contribution in [3.8, 4) is 11.1 Å². The molecule has 4 aromatic rings. The average Bonchev–Trinajstić information content (AvgIpc) is 3.14. The number of anilines is 1. The summed E-state index contributed by atoms with van der Waals surface area (Å²) in [6.45, 7) is 0. The summed E-state index contributed by atoms with van der Waals surface area (Å²) in [5, 5.41) is 8.60. The molecule has 0 aliphatic rings. The number of sulfonamides is 1. The van der Waals surface area contributed by atoms with E-state index < -0.39 is 10.0 Å². The van der Waals surface area contributed by atoms with Gasteiger partial charge in [-0.25, -0.2) is 8.42 Å². The molecule has 0 radical (unpaired) electrons. The molecule has 0 saturated heterocycles. The molecule has 0 fully saturated rings. The van der Waals surface area contributed by atoms with Crippen molar-refractivity contribution < 1.29 is 8.42 Å². The molecule has 146 valence electrons. The van der Waals surface area contributed by atoms with Gasteiger partial charge in [0.25, 0.3) is 10.0 Å². The lowest BCUT2D eigenvalue weighted by atomic mass is 10.1. The van der Waals surface area contributed by atoms with Gasteiger partial charge in [-0.3, -0.25) is 4.72 Å². The van der Waals surface area contributed by atoms with Crippen LogP contribution >= 0.6 is 11.8 Å². The molecule has 0 bridgehead atoms. The number of hydrogen-bond donors (Lipinski definition) is 1. The Morgan fingerprint density at radius 3 is 2.34 bits per heavy atom. The monoisotopic (exact) mass is 422 g/mol. The maximum Gasteiger partial charge on any atom is 0.262 e. The van der Waals surface area contributed by atoms with Crippen LogP contribution in [-0.2, 0) is 17.1 Å². The molecule has 0 saturated carbocycles. The third kappa shape index (κ3) is 4.18. The summed E-state index contributed by atoms with van der Waals surface area (Å²) in [7, 11) is -1.97. The Labute approximate surface area is 173 Å². The molecule has 0 spiro atoms. The fourth-order valence-electron chi connectivity index (χ4n) is 2.86. The lowest BCUT2D eigenvalue weighted by Crippen LogP contribution is -2.14. The Kier molecular flexibility index (Phi) is 5.37. The Morgan fingerprint density at radius 1 is 0.897 bits per heavy atom. The van der Waals surface area contributed by atoms with E-state index in [0.29, 0.717) is 16.4 Å². The van der Waals surface area contributed by atoms with Crippen molar-refractivity contribution >= 4 is 27.5 Å². The Balaban J connectivity index is 1.70. The summed E-state index contributed by atoms with van der Waals surface area (Å²) in [5.74, 6) is 0. The van der Waals surface area contributed by atoms with Crippen molar-refractivity contribution in [1.29, 1.82) is 0 Å². The van der Waals surface area contributed by atoms with E-state index >= 15 is 0 Å². The fraction of sp³-hybridized carbons (Fsp3) is 0.0476. The fourth-order valence-corrected chi connectivity index (χ4v) is 5.09. The van der Waals surface area contributed by atoms with Crippen LogP contribution in [-0.4, -0.2) is 23.2 Å². The van der Waals surface area contributed by atoms with E-state index in [0.717, 1.165) is 10.5 Å². The molecular formula is C21H18N4O2S2. The molecule has 0 unspecified atom stereocenters. The van der Waals surface area contributed by atoms with Gasteiger partial charge in [0.05, 0.1) is 10.6 Å². The molecule has 1 heterocycles. The zero-order valence-electron chi connectivity index (χ0n) is 15.6. The standard InChI is InChI=1S/C21H18N4O2S2/c1-25-15-22-23-21(25)28-19-13-7-6-12-18(19)24-29(26,27)20-14-8-5-11-17(20)16-9-3-2-4-10-16/h2-15,24H,1H3. The number of hydrogen-bond acceptors (Lipinski definition) is 5. The number of benzene rings is 3. The van der Waals surface area contributed by atoms with E-state index in [1.165, 1.54) is 11.8 Å². The summed E-state index contributed by atoms with van der Waals surface area (Å²) in [6.07, 6.45) is 1.60. The topological polar surface area (TPSA) is 76.9 Å². The number of para-hydroxylation sites is 1. The van der Waals surface area contributed by atoms with Crippen LogP contribution < -0.4 is 4.72 Å². The van der Waals surface area contributed by atoms with Crippen LogP contribution in [0.15, 0.2) is 100 Å². The molecule has 6 nitrogen and oxygen atoms in total. The minimum Gasteiger partial charge on any atom is -0.311 e. The van der Waals surface area contributed by atoms with Gasteiger partial charge in [-0.05, 0) is 35.5 Å². The molecule has 1 aromatic heterocycles. The van der Waals surface area contributed by atoms with Crippen LogP contribution in [0.25, 0.3) is 11.1 Å². The lowest BCUT2D eigenvalue weighted by molar-refractivity contribution is 0.601. The second-order valence-electron chi connectivity index (χ2n) is 6.29. The molecule has 29 heavy (non-hydrogen) atoms. The Morgan fingerprint density at radius 2 is 1.59 bits per heavy atom. The van der Waals surface area contributed by atoms with E-state index in [-0.39, 0.29) is 4.90 Å². The van der Waals surface area contributed by atoms with Crippen molar-refractivity contribution in [3.63, 3.8) is 0 Å². The summed E-state index contributed by atoms with van der Waals surface area (Å²) >= 11 is 1.35. The normalized spacial score (nSPS) is 11.3. The number of rotatable bonds is 6. The lowest BCUT2D eigenvalue weighted by Gasteiger charge is -2.14. The average molecular weight is 423 g/mol. The van der Waals surface area contributed by atoms with Crippen LogP contribution in [0.1, 0.15) is 0 Å². The maximum absolute atomic E-state index is 13.3. The summed E-state index contributed by atoms with van der Waals surface area (Å²) in [6, 6.07) is 23.7. The Hall–Kier alpha value is -3.10. The van der Waals surface area contributed by atoms with Crippen LogP contribution in [0.4, 0.5) is 5.69 Å². The third-order valence-electron chi connectivity index (χ3n) is 4.26. The van der Waals surface area contributed by atoms with Gasteiger partial charge in [0.15, 0.2) is 5.16 Å². The highest BCUT2D eigenvalue weighted by molar-refractivity contribution is 7.99. The van der Waals surface area contributed by atoms with E-state index in [2.05, 4.69) is 14.9 Å². The second-order valence-corrected chi connectivity index (χ2v) is 8.95. The van der Waals surface area contributed by atoms with Gasteiger partial charge >= 0.3 is 0 Å². The number of nitrogens with zero attached hydrogens (tertiary/aromatic N) is 3. The van der Waals surface area contributed by atoms with Crippen LogP contribution in [0.2, 0.25) is 0 Å². The number of aryl methyl sites for hydroxylation is 1. The van der Waals surface area contributed by atoms with Gasteiger partial charge < -0.3 is 4.57 Å². The summed E-state index contributed by atoms with van der Waals surface area (Å²) < 4.78 is 31.0. The third-order valence-corrected chi connectivity index (χ3v) is 6.82. The van der Waals surface area contributed by atoms with Crippen molar-refractivity contribution in [2.24, 2.45) is 7.05 Å². The highest BCUT2D eigenvalue weighted by Gasteiger charge is 2.21. The zero-order chi connectivity index (χ0) is 20.3. The molecule has 0 atom stereocenters. The van der Waals surface area contributed by atoms with Crippen molar-refractivity contribution in [1.82, 2.24) is 14.8 Å². The van der Waals surface area contributed by atoms with Gasteiger partial charge in [0.1, 0.15) is 6.33 Å². The molecule has 1 N–H and O–H groups in total. The zero-order valence-corrected chi connectivity index (χ0v) is 17.2. The van der Waals surface area contributed by atoms with Gasteiger partial charge in [-0.1, -0.05) is 60.7 Å². The summed E-state index contributed by atoms with van der Waals surface area (Å²) in [5.41, 5.74) is 1.98. The van der Waals surface area contributed by atoms with Gasteiger partial charge in [0.2, 0.25) is 0 Å². The van der Waals surface area contributed by atoms with E-state index in [1.807, 2.05) is 61.6 Å². The van der Waals surface area contributed by atoms with Crippen LogP contribution in [0, 0.1) is 0 Å². The van der Waals surface area contributed by atoms with Crippen molar-refractivity contribution in [3.05, 3.63) is 85.2 Å². The number of aromatic nitrogens is 3. The minimum atomic E-state index is -3.81. The van der Waals surface area contributed by atoms with E-state index in [9.17, 15) is 8.42 Å². The summed E-state index contributed by atoms with van der Waals surface area (Å²) in [4.78, 5) is 0.967. The highest BCUT2D eigenvalue weighted by Crippen LogP contribution is 2.34. The molecule has 3 aromatic carbocycles. The van der Waals surface area contributed by atoms with Gasteiger partial charge in [0, 0.05) is 17.5 Å². The SMILES string of the molecule is Cn1cnnc1Sc1ccccc1NS(=O)(=O)c1ccccc1-c1ccccc1. The van der Waals surface area contributed by atoms with Gasteiger partial charge in [-0.15, -0.1) is 10.2 Å².